The third kappa shape index (κ3) is 3.53. The van der Waals surface area contributed by atoms with Crippen LogP contribution in [-0.2, 0) is 9.59 Å². The summed E-state index contributed by atoms with van der Waals surface area (Å²) in [5, 5.41) is 2.18. The number of aromatic nitrogens is 2. The van der Waals surface area contributed by atoms with Crippen molar-refractivity contribution in [3.05, 3.63) is 78.1 Å². The lowest BCUT2D eigenvalue weighted by Crippen LogP contribution is -2.54. The standard InChI is InChI=1S/C22H16N4O4/c1-30-18-10-6-5-9-17(18)26-21(28)16(20(27)25-22(26)29)11-14-12-23-19(24-13-14)15-7-3-2-4-8-15/h2-13H,1H3,(H,25,27,29)/b16-11+. The summed E-state index contributed by atoms with van der Waals surface area (Å²) < 4.78 is 5.23. The zero-order valence-corrected chi connectivity index (χ0v) is 15.9. The van der Waals surface area contributed by atoms with Crippen LogP contribution < -0.4 is 15.0 Å². The Morgan fingerprint density at radius 2 is 1.60 bits per heavy atom. The van der Waals surface area contributed by atoms with Gasteiger partial charge in [0.25, 0.3) is 11.8 Å². The molecule has 8 heteroatoms. The fourth-order valence-electron chi connectivity index (χ4n) is 3.01. The van der Waals surface area contributed by atoms with Gasteiger partial charge in [0.05, 0.1) is 12.8 Å². The maximum Gasteiger partial charge on any atom is 0.336 e. The number of amides is 4. The molecule has 0 spiro atoms. The molecule has 8 nitrogen and oxygen atoms in total. The molecule has 0 unspecified atom stereocenters. The zero-order valence-electron chi connectivity index (χ0n) is 15.9. The van der Waals surface area contributed by atoms with Gasteiger partial charge in [-0.15, -0.1) is 0 Å². The molecule has 30 heavy (non-hydrogen) atoms. The highest BCUT2D eigenvalue weighted by Gasteiger charge is 2.38. The number of hydrogen-bond donors (Lipinski definition) is 1. The van der Waals surface area contributed by atoms with Crippen molar-refractivity contribution in [1.29, 1.82) is 0 Å². The minimum Gasteiger partial charge on any atom is -0.495 e. The topological polar surface area (TPSA) is 101 Å². The number of imide groups is 2. The SMILES string of the molecule is COc1ccccc1N1C(=O)NC(=O)/C(=C\c2cnc(-c3ccccc3)nc2)C1=O. The molecule has 1 aromatic heterocycles. The fourth-order valence-corrected chi connectivity index (χ4v) is 3.01. The summed E-state index contributed by atoms with van der Waals surface area (Å²) in [6, 6.07) is 15.1. The Labute approximate surface area is 171 Å². The zero-order chi connectivity index (χ0) is 21.1. The van der Waals surface area contributed by atoms with Gasteiger partial charge in [-0.1, -0.05) is 42.5 Å². The Hall–Kier alpha value is -4.33. The van der Waals surface area contributed by atoms with E-state index >= 15 is 0 Å². The quantitative estimate of drug-likeness (QED) is 0.534. The summed E-state index contributed by atoms with van der Waals surface area (Å²) in [7, 11) is 1.43. The van der Waals surface area contributed by atoms with Gasteiger partial charge in [-0.25, -0.2) is 19.7 Å². The molecule has 3 aromatic rings. The number of benzene rings is 2. The van der Waals surface area contributed by atoms with Gasteiger partial charge in [-0.05, 0) is 18.2 Å². The third-order valence-electron chi connectivity index (χ3n) is 4.44. The van der Waals surface area contributed by atoms with Gasteiger partial charge in [0.1, 0.15) is 11.3 Å². The third-order valence-corrected chi connectivity index (χ3v) is 4.44. The van der Waals surface area contributed by atoms with Crippen LogP contribution in [0.5, 0.6) is 5.75 Å². The first kappa shape index (κ1) is 19.0. The Bertz CT molecular complexity index is 1160. The summed E-state index contributed by atoms with van der Waals surface area (Å²) in [6.07, 6.45) is 4.36. The van der Waals surface area contributed by atoms with Crippen LogP contribution in [0.25, 0.3) is 17.5 Å². The minimum absolute atomic E-state index is 0.212. The van der Waals surface area contributed by atoms with Gasteiger partial charge in [-0.3, -0.25) is 14.9 Å². The normalized spacial score (nSPS) is 15.3. The average molecular weight is 400 g/mol. The molecular weight excluding hydrogens is 384 g/mol. The van der Waals surface area contributed by atoms with Crippen LogP contribution in [0.15, 0.2) is 72.6 Å². The molecule has 1 aliphatic rings. The van der Waals surface area contributed by atoms with E-state index in [4.69, 9.17) is 4.74 Å². The van der Waals surface area contributed by atoms with Gasteiger partial charge in [-0.2, -0.15) is 0 Å². The summed E-state index contributed by atoms with van der Waals surface area (Å²) in [5.74, 6) is -0.711. The van der Waals surface area contributed by atoms with E-state index < -0.39 is 17.8 Å². The average Bonchev–Trinajstić information content (AvgIpc) is 2.78. The number of para-hydroxylation sites is 2. The highest BCUT2D eigenvalue weighted by atomic mass is 16.5. The number of carbonyl (C=O) groups is 3. The molecule has 2 aromatic carbocycles. The lowest BCUT2D eigenvalue weighted by molar-refractivity contribution is -0.122. The smallest absolute Gasteiger partial charge is 0.336 e. The second-order valence-electron chi connectivity index (χ2n) is 6.34. The van der Waals surface area contributed by atoms with Crippen LogP contribution in [0.1, 0.15) is 5.56 Å². The monoisotopic (exact) mass is 400 g/mol. The largest absolute Gasteiger partial charge is 0.495 e. The molecule has 1 saturated heterocycles. The van der Waals surface area contributed by atoms with Gasteiger partial charge >= 0.3 is 6.03 Å². The van der Waals surface area contributed by atoms with Crippen molar-refractivity contribution in [2.24, 2.45) is 0 Å². The molecule has 1 N–H and O–H groups in total. The van der Waals surface area contributed by atoms with Crippen LogP contribution in [-0.4, -0.2) is 34.9 Å². The number of ether oxygens (including phenoxy) is 1. The Morgan fingerprint density at radius 1 is 0.933 bits per heavy atom. The number of carbonyl (C=O) groups excluding carboxylic acids is 3. The van der Waals surface area contributed by atoms with E-state index in [2.05, 4.69) is 15.3 Å². The maximum absolute atomic E-state index is 13.0. The van der Waals surface area contributed by atoms with Gasteiger partial charge in [0.15, 0.2) is 5.82 Å². The first-order valence-electron chi connectivity index (χ1n) is 9.00. The van der Waals surface area contributed by atoms with Crippen molar-refractivity contribution in [3.63, 3.8) is 0 Å². The van der Waals surface area contributed by atoms with Crippen molar-refractivity contribution in [1.82, 2.24) is 15.3 Å². The summed E-state index contributed by atoms with van der Waals surface area (Å²) in [5.41, 5.74) is 1.31. The first-order chi connectivity index (χ1) is 14.6. The molecule has 2 heterocycles. The number of urea groups is 1. The van der Waals surface area contributed by atoms with Crippen molar-refractivity contribution < 1.29 is 19.1 Å². The molecule has 148 valence electrons. The predicted octanol–water partition coefficient (Wildman–Crippen LogP) is 2.82. The second kappa shape index (κ2) is 7.96. The van der Waals surface area contributed by atoms with Crippen LogP contribution in [0.3, 0.4) is 0 Å². The van der Waals surface area contributed by atoms with Crippen LogP contribution >= 0.6 is 0 Å². The van der Waals surface area contributed by atoms with Gasteiger partial charge < -0.3 is 4.74 Å². The predicted molar refractivity (Wildman–Crippen MR) is 109 cm³/mol. The number of barbiturate groups is 1. The molecule has 0 aliphatic carbocycles. The summed E-state index contributed by atoms with van der Waals surface area (Å²) >= 11 is 0. The Morgan fingerprint density at radius 3 is 2.30 bits per heavy atom. The number of anilines is 1. The van der Waals surface area contributed by atoms with E-state index in [-0.39, 0.29) is 11.3 Å². The molecular formula is C22H16N4O4. The molecule has 1 fully saturated rings. The maximum atomic E-state index is 13.0. The van der Waals surface area contributed by atoms with Gasteiger partial charge in [0, 0.05) is 23.5 Å². The molecule has 4 amide bonds. The van der Waals surface area contributed by atoms with E-state index in [9.17, 15) is 14.4 Å². The summed E-state index contributed by atoms with van der Waals surface area (Å²) in [6.45, 7) is 0. The van der Waals surface area contributed by atoms with E-state index in [1.165, 1.54) is 25.6 Å². The first-order valence-corrected chi connectivity index (χ1v) is 9.00. The Kier molecular flexibility index (Phi) is 5.04. The van der Waals surface area contributed by atoms with Crippen molar-refractivity contribution in [3.8, 4) is 17.1 Å². The Balaban J connectivity index is 1.67. The molecule has 0 bridgehead atoms. The lowest BCUT2D eigenvalue weighted by atomic mass is 10.1. The molecule has 0 radical (unpaired) electrons. The number of nitrogens with one attached hydrogen (secondary N) is 1. The highest BCUT2D eigenvalue weighted by molar-refractivity contribution is 6.39. The minimum atomic E-state index is -0.845. The summed E-state index contributed by atoms with van der Waals surface area (Å²) in [4.78, 5) is 47.1. The van der Waals surface area contributed by atoms with Crippen LogP contribution in [0, 0.1) is 0 Å². The van der Waals surface area contributed by atoms with E-state index in [1.807, 2.05) is 30.3 Å². The van der Waals surface area contributed by atoms with Crippen LogP contribution in [0.2, 0.25) is 0 Å². The molecule has 4 rings (SSSR count). The number of rotatable bonds is 4. The number of methoxy groups -OCH3 is 1. The fraction of sp³-hybridized carbons (Fsp3) is 0.0455. The van der Waals surface area contributed by atoms with Gasteiger partial charge in [0.2, 0.25) is 0 Å². The van der Waals surface area contributed by atoms with Crippen molar-refractivity contribution in [2.75, 3.05) is 12.0 Å². The van der Waals surface area contributed by atoms with E-state index in [0.717, 1.165) is 10.5 Å². The second-order valence-corrected chi connectivity index (χ2v) is 6.34. The molecule has 0 saturated carbocycles. The number of nitrogens with zero attached hydrogens (tertiary/aromatic N) is 3. The van der Waals surface area contributed by atoms with E-state index in [0.29, 0.717) is 17.1 Å². The number of hydrogen-bond acceptors (Lipinski definition) is 6. The van der Waals surface area contributed by atoms with Crippen LogP contribution in [0.4, 0.5) is 10.5 Å². The molecule has 0 atom stereocenters. The lowest BCUT2D eigenvalue weighted by Gasteiger charge is -2.27. The van der Waals surface area contributed by atoms with Crippen molar-refractivity contribution >= 4 is 29.6 Å². The highest BCUT2D eigenvalue weighted by Crippen LogP contribution is 2.30. The van der Waals surface area contributed by atoms with E-state index in [1.54, 1.807) is 24.3 Å². The molecule has 1 aliphatic heterocycles. The van der Waals surface area contributed by atoms with Crippen molar-refractivity contribution in [2.45, 2.75) is 0 Å².